The fraction of sp³-hybridized carbons (Fsp3) is 0.286. The van der Waals surface area contributed by atoms with Crippen LogP contribution in [0.5, 0.6) is 0 Å². The maximum absolute atomic E-state index is 12.5. The first-order chi connectivity index (χ1) is 9.86. The quantitative estimate of drug-likeness (QED) is 0.807. The maximum Gasteiger partial charge on any atom is 0.244 e. The van der Waals surface area contributed by atoms with Gasteiger partial charge in [0, 0.05) is 12.6 Å². The summed E-state index contributed by atoms with van der Waals surface area (Å²) in [5.74, 6) is 0.367. The van der Waals surface area contributed by atoms with E-state index in [2.05, 4.69) is 4.98 Å². The van der Waals surface area contributed by atoms with Crippen molar-refractivity contribution in [3.8, 4) is 17.5 Å². The molecule has 0 aliphatic carbocycles. The van der Waals surface area contributed by atoms with Gasteiger partial charge in [-0.15, -0.1) is 0 Å². The van der Waals surface area contributed by atoms with Gasteiger partial charge in [-0.2, -0.15) is 9.57 Å². The van der Waals surface area contributed by atoms with Crippen LogP contribution in [0.2, 0.25) is 0 Å². The lowest BCUT2D eigenvalue weighted by atomic mass is 10.1. The average molecular weight is 305 g/mol. The van der Waals surface area contributed by atoms with Crippen LogP contribution < -0.4 is 0 Å². The third-order valence-corrected chi connectivity index (χ3v) is 4.98. The Morgan fingerprint density at radius 1 is 1.38 bits per heavy atom. The second kappa shape index (κ2) is 5.68. The first-order valence-electron chi connectivity index (χ1n) is 6.22. The highest BCUT2D eigenvalue weighted by atomic mass is 32.2. The number of aromatic nitrogens is 1. The van der Waals surface area contributed by atoms with Crippen LogP contribution in [-0.4, -0.2) is 31.3 Å². The molecule has 0 radical (unpaired) electrons. The average Bonchev–Trinajstić information content (AvgIpc) is 2.86. The zero-order chi connectivity index (χ0) is 15.6. The summed E-state index contributed by atoms with van der Waals surface area (Å²) in [5.41, 5.74) is 1.90. The highest BCUT2D eigenvalue weighted by molar-refractivity contribution is 7.89. The van der Waals surface area contributed by atoms with E-state index < -0.39 is 10.0 Å². The lowest BCUT2D eigenvalue weighted by Gasteiger charge is -2.15. The van der Waals surface area contributed by atoms with Crippen LogP contribution in [0.25, 0.3) is 11.5 Å². The summed E-state index contributed by atoms with van der Waals surface area (Å²) in [7, 11) is -2.34. The molecule has 21 heavy (non-hydrogen) atoms. The fourth-order valence-electron chi connectivity index (χ4n) is 1.85. The van der Waals surface area contributed by atoms with Crippen molar-refractivity contribution >= 4 is 10.0 Å². The molecule has 0 bridgehead atoms. The minimum Gasteiger partial charge on any atom is -0.444 e. The number of rotatable bonds is 4. The number of aryl methyl sites for hydroxylation is 2. The lowest BCUT2D eigenvalue weighted by molar-refractivity contribution is 0.501. The second-order valence-corrected chi connectivity index (χ2v) is 6.71. The van der Waals surface area contributed by atoms with Crippen LogP contribution in [0.15, 0.2) is 33.8 Å². The molecule has 1 aromatic carbocycles. The van der Waals surface area contributed by atoms with E-state index in [1.807, 2.05) is 6.07 Å². The number of hydrogen-bond acceptors (Lipinski definition) is 5. The molecule has 0 aliphatic rings. The first-order valence-corrected chi connectivity index (χ1v) is 7.66. The number of nitriles is 1. The maximum atomic E-state index is 12.5. The number of nitrogens with zero attached hydrogens (tertiary/aromatic N) is 3. The van der Waals surface area contributed by atoms with E-state index in [1.54, 1.807) is 26.0 Å². The molecule has 2 aromatic rings. The molecule has 1 heterocycles. The highest BCUT2D eigenvalue weighted by Gasteiger charge is 2.23. The molecule has 0 N–H and O–H groups in total. The molecule has 0 atom stereocenters. The van der Waals surface area contributed by atoms with Gasteiger partial charge in [0.05, 0.1) is 16.7 Å². The van der Waals surface area contributed by atoms with E-state index in [4.69, 9.17) is 9.68 Å². The van der Waals surface area contributed by atoms with E-state index in [0.717, 1.165) is 10.00 Å². The summed E-state index contributed by atoms with van der Waals surface area (Å²) >= 11 is 0. The van der Waals surface area contributed by atoms with Crippen LogP contribution in [0.3, 0.4) is 0 Å². The Kier molecular flexibility index (Phi) is 4.11. The highest BCUT2D eigenvalue weighted by Crippen LogP contribution is 2.26. The Bertz CT molecular complexity index is 803. The van der Waals surface area contributed by atoms with Crippen LogP contribution >= 0.6 is 0 Å². The van der Waals surface area contributed by atoms with Crippen molar-refractivity contribution in [3.05, 3.63) is 35.7 Å². The van der Waals surface area contributed by atoms with Gasteiger partial charge in [0.1, 0.15) is 12.8 Å². The Hall–Kier alpha value is -2.17. The molecule has 1 aromatic heterocycles. The number of hydrogen-bond donors (Lipinski definition) is 0. The third-order valence-electron chi connectivity index (χ3n) is 3.04. The van der Waals surface area contributed by atoms with Crippen molar-refractivity contribution in [3.63, 3.8) is 0 Å². The van der Waals surface area contributed by atoms with Gasteiger partial charge < -0.3 is 4.42 Å². The minimum atomic E-state index is -3.71. The molecule has 0 fully saturated rings. The summed E-state index contributed by atoms with van der Waals surface area (Å²) in [6, 6.07) is 6.80. The normalized spacial score (nSPS) is 11.6. The van der Waals surface area contributed by atoms with Crippen molar-refractivity contribution in [2.45, 2.75) is 18.7 Å². The Labute approximate surface area is 123 Å². The van der Waals surface area contributed by atoms with E-state index in [0.29, 0.717) is 17.0 Å². The van der Waals surface area contributed by atoms with Crippen molar-refractivity contribution in [2.75, 3.05) is 13.6 Å². The zero-order valence-electron chi connectivity index (χ0n) is 12.0. The van der Waals surface area contributed by atoms with Gasteiger partial charge in [-0.3, -0.25) is 0 Å². The summed E-state index contributed by atoms with van der Waals surface area (Å²) in [6.45, 7) is 3.29. The monoisotopic (exact) mass is 305 g/mol. The predicted molar refractivity (Wildman–Crippen MR) is 76.8 cm³/mol. The molecule has 2 rings (SSSR count). The van der Waals surface area contributed by atoms with Crippen molar-refractivity contribution < 1.29 is 12.8 Å². The fourth-order valence-corrected chi connectivity index (χ4v) is 3.16. The molecule has 0 aliphatic heterocycles. The number of sulfonamides is 1. The van der Waals surface area contributed by atoms with Gasteiger partial charge in [0.25, 0.3) is 0 Å². The van der Waals surface area contributed by atoms with E-state index >= 15 is 0 Å². The van der Waals surface area contributed by atoms with E-state index in [1.165, 1.54) is 19.4 Å². The smallest absolute Gasteiger partial charge is 0.244 e. The van der Waals surface area contributed by atoms with E-state index in [9.17, 15) is 8.42 Å². The van der Waals surface area contributed by atoms with Crippen molar-refractivity contribution in [1.29, 1.82) is 5.26 Å². The molecule has 7 heteroatoms. The lowest BCUT2D eigenvalue weighted by Crippen LogP contribution is -2.27. The third kappa shape index (κ3) is 2.96. The number of benzene rings is 1. The van der Waals surface area contributed by atoms with Crippen LogP contribution in [0.1, 0.15) is 11.3 Å². The van der Waals surface area contributed by atoms with Gasteiger partial charge in [0.2, 0.25) is 15.9 Å². The Morgan fingerprint density at radius 3 is 2.67 bits per heavy atom. The molecule has 110 valence electrons. The Balaban J connectivity index is 2.52. The molecular formula is C14H15N3O3S. The summed E-state index contributed by atoms with van der Waals surface area (Å²) < 4.78 is 31.2. The van der Waals surface area contributed by atoms with Crippen LogP contribution in [0.4, 0.5) is 0 Å². The van der Waals surface area contributed by atoms with Gasteiger partial charge in [-0.25, -0.2) is 13.4 Å². The molecular weight excluding hydrogens is 290 g/mol. The summed E-state index contributed by atoms with van der Waals surface area (Å²) in [5, 5.41) is 8.67. The predicted octanol–water partition coefficient (Wildman–Crippen LogP) is 2.10. The van der Waals surface area contributed by atoms with Gasteiger partial charge >= 0.3 is 0 Å². The standard InChI is InChI=1S/C14H15N3O3S/c1-10-4-5-12(14-16-11(2)9-20-14)8-13(10)21(18,19)17(3)7-6-15/h4-5,8-9H,7H2,1-3H3. The largest absolute Gasteiger partial charge is 0.444 e. The molecule has 0 spiro atoms. The SMILES string of the molecule is Cc1coc(-c2ccc(C)c(S(=O)(=O)N(C)CC#N)c2)n1. The van der Waals surface area contributed by atoms with E-state index in [-0.39, 0.29) is 11.4 Å². The number of oxazole rings is 1. The van der Waals surface area contributed by atoms with Crippen LogP contribution in [-0.2, 0) is 10.0 Å². The molecule has 0 unspecified atom stereocenters. The summed E-state index contributed by atoms with van der Waals surface area (Å²) in [4.78, 5) is 4.33. The second-order valence-electron chi connectivity index (χ2n) is 4.69. The zero-order valence-corrected chi connectivity index (χ0v) is 12.8. The molecule has 0 saturated heterocycles. The summed E-state index contributed by atoms with van der Waals surface area (Å²) in [6.07, 6.45) is 1.51. The molecule has 0 amide bonds. The molecule has 6 nitrogen and oxygen atoms in total. The Morgan fingerprint density at radius 2 is 2.10 bits per heavy atom. The topological polar surface area (TPSA) is 87.2 Å². The first kappa shape index (κ1) is 15.2. The van der Waals surface area contributed by atoms with Crippen molar-refractivity contribution in [2.24, 2.45) is 0 Å². The van der Waals surface area contributed by atoms with Gasteiger partial charge in [-0.1, -0.05) is 6.07 Å². The van der Waals surface area contributed by atoms with Gasteiger partial charge in [0.15, 0.2) is 0 Å². The van der Waals surface area contributed by atoms with Crippen LogP contribution in [0, 0.1) is 25.2 Å². The van der Waals surface area contributed by atoms with Crippen molar-refractivity contribution in [1.82, 2.24) is 9.29 Å². The van der Waals surface area contributed by atoms with Gasteiger partial charge in [-0.05, 0) is 31.5 Å². The molecule has 0 saturated carbocycles. The minimum absolute atomic E-state index is 0.147.